The highest BCUT2D eigenvalue weighted by molar-refractivity contribution is 5.92. The number of imidazole rings is 1. The number of hydrogen-bond donors (Lipinski definition) is 1. The second-order valence-corrected chi connectivity index (χ2v) is 6.32. The summed E-state index contributed by atoms with van der Waals surface area (Å²) >= 11 is 0. The van der Waals surface area contributed by atoms with E-state index in [1.54, 1.807) is 12.1 Å². The third-order valence-electron chi connectivity index (χ3n) is 5.23. The summed E-state index contributed by atoms with van der Waals surface area (Å²) in [6.45, 7) is 0. The first kappa shape index (κ1) is 11.9. The number of hydrogen-bond acceptors (Lipinski definition) is 2. The Hall–Kier alpha value is -1.84. The van der Waals surface area contributed by atoms with Crippen LogP contribution in [0.2, 0.25) is 0 Å². The number of aromatic carboxylic acids is 1. The van der Waals surface area contributed by atoms with Crippen LogP contribution in [0.1, 0.15) is 47.8 Å². The SMILES string of the molecule is Cn1c(C2CC3CCC2C3)nc2cc(C(=O)O)ccc21. The molecular weight excluding hydrogens is 252 g/mol. The molecular formula is C16H18N2O2. The second-order valence-electron chi connectivity index (χ2n) is 6.32. The number of carboxylic acids is 1. The number of carbonyl (C=O) groups is 1. The van der Waals surface area contributed by atoms with Crippen molar-refractivity contribution in [1.29, 1.82) is 0 Å². The molecule has 20 heavy (non-hydrogen) atoms. The Morgan fingerprint density at radius 3 is 2.85 bits per heavy atom. The lowest BCUT2D eigenvalue weighted by Crippen LogP contribution is -2.13. The molecule has 2 aliphatic rings. The Kier molecular flexibility index (Phi) is 2.43. The van der Waals surface area contributed by atoms with Crippen molar-refractivity contribution < 1.29 is 9.90 Å². The van der Waals surface area contributed by atoms with Crippen LogP contribution < -0.4 is 0 Å². The molecule has 2 saturated carbocycles. The van der Waals surface area contributed by atoms with E-state index >= 15 is 0 Å². The summed E-state index contributed by atoms with van der Waals surface area (Å²) in [5.74, 6) is 2.50. The predicted octanol–water partition coefficient (Wildman–Crippen LogP) is 3.18. The molecule has 2 aromatic rings. The van der Waals surface area contributed by atoms with E-state index < -0.39 is 5.97 Å². The normalized spacial score (nSPS) is 28.4. The van der Waals surface area contributed by atoms with Crippen molar-refractivity contribution >= 4 is 17.0 Å². The van der Waals surface area contributed by atoms with Gasteiger partial charge in [0.25, 0.3) is 0 Å². The second kappa shape index (κ2) is 4.08. The lowest BCUT2D eigenvalue weighted by molar-refractivity contribution is 0.0697. The van der Waals surface area contributed by atoms with Gasteiger partial charge in [0, 0.05) is 13.0 Å². The van der Waals surface area contributed by atoms with Gasteiger partial charge in [-0.1, -0.05) is 6.42 Å². The van der Waals surface area contributed by atoms with Gasteiger partial charge in [0.1, 0.15) is 5.82 Å². The maximum absolute atomic E-state index is 11.1. The van der Waals surface area contributed by atoms with Crippen molar-refractivity contribution in [2.75, 3.05) is 0 Å². The number of aromatic nitrogens is 2. The number of fused-ring (bicyclic) bond motifs is 3. The molecule has 1 aromatic heterocycles. The van der Waals surface area contributed by atoms with Crippen molar-refractivity contribution in [2.45, 2.75) is 31.6 Å². The van der Waals surface area contributed by atoms with E-state index in [9.17, 15) is 4.79 Å². The van der Waals surface area contributed by atoms with E-state index in [0.29, 0.717) is 11.5 Å². The van der Waals surface area contributed by atoms with Crippen molar-refractivity contribution in [2.24, 2.45) is 18.9 Å². The van der Waals surface area contributed by atoms with Gasteiger partial charge in [-0.25, -0.2) is 9.78 Å². The van der Waals surface area contributed by atoms with Crippen LogP contribution in [0.3, 0.4) is 0 Å². The van der Waals surface area contributed by atoms with Crippen LogP contribution in [0.25, 0.3) is 11.0 Å². The molecule has 3 unspecified atom stereocenters. The minimum absolute atomic E-state index is 0.315. The van der Waals surface area contributed by atoms with Gasteiger partial charge in [-0.15, -0.1) is 0 Å². The van der Waals surface area contributed by atoms with Crippen LogP contribution in [0.4, 0.5) is 0 Å². The van der Waals surface area contributed by atoms with Gasteiger partial charge in [0.05, 0.1) is 16.6 Å². The van der Waals surface area contributed by atoms with Crippen LogP contribution in [-0.4, -0.2) is 20.6 Å². The Bertz CT molecular complexity index is 704. The predicted molar refractivity (Wildman–Crippen MR) is 75.9 cm³/mol. The molecule has 0 spiro atoms. The summed E-state index contributed by atoms with van der Waals surface area (Å²) in [7, 11) is 2.05. The summed E-state index contributed by atoms with van der Waals surface area (Å²) in [4.78, 5) is 15.8. The Balaban J connectivity index is 1.80. The van der Waals surface area contributed by atoms with E-state index in [1.807, 2.05) is 6.07 Å². The van der Waals surface area contributed by atoms with Crippen LogP contribution in [0.15, 0.2) is 18.2 Å². The van der Waals surface area contributed by atoms with Crippen LogP contribution in [0, 0.1) is 11.8 Å². The standard InChI is InChI=1S/C16H18N2O2/c1-18-14-5-4-11(16(19)20)8-13(14)17-15(18)12-7-9-2-3-10(12)6-9/h4-5,8-10,12H,2-3,6-7H2,1H3,(H,19,20). The topological polar surface area (TPSA) is 55.1 Å². The van der Waals surface area contributed by atoms with Gasteiger partial charge in [-0.2, -0.15) is 0 Å². The lowest BCUT2D eigenvalue weighted by atomic mass is 9.88. The van der Waals surface area contributed by atoms with Crippen molar-refractivity contribution in [3.63, 3.8) is 0 Å². The fraction of sp³-hybridized carbons (Fsp3) is 0.500. The molecule has 4 heteroatoms. The molecule has 4 rings (SSSR count). The lowest BCUT2D eigenvalue weighted by Gasteiger charge is -2.21. The van der Waals surface area contributed by atoms with E-state index in [-0.39, 0.29) is 0 Å². The molecule has 1 aromatic carbocycles. The highest BCUT2D eigenvalue weighted by Crippen LogP contribution is 2.52. The molecule has 1 N–H and O–H groups in total. The molecule has 3 atom stereocenters. The minimum Gasteiger partial charge on any atom is -0.478 e. The molecule has 0 amide bonds. The van der Waals surface area contributed by atoms with E-state index in [2.05, 4.69) is 11.6 Å². The van der Waals surface area contributed by atoms with Crippen molar-refractivity contribution in [1.82, 2.24) is 9.55 Å². The number of rotatable bonds is 2. The average molecular weight is 270 g/mol. The van der Waals surface area contributed by atoms with Crippen LogP contribution >= 0.6 is 0 Å². The summed E-state index contributed by atoms with van der Waals surface area (Å²) in [6.07, 6.45) is 5.33. The van der Waals surface area contributed by atoms with E-state index in [1.165, 1.54) is 25.7 Å². The Morgan fingerprint density at radius 2 is 2.20 bits per heavy atom. The molecule has 2 fully saturated rings. The Morgan fingerprint density at radius 1 is 1.35 bits per heavy atom. The summed E-state index contributed by atoms with van der Waals surface area (Å²) in [5, 5.41) is 9.08. The van der Waals surface area contributed by atoms with Gasteiger partial charge in [-0.05, 0) is 49.3 Å². The Labute approximate surface area is 117 Å². The van der Waals surface area contributed by atoms with Gasteiger partial charge >= 0.3 is 5.97 Å². The summed E-state index contributed by atoms with van der Waals surface area (Å²) < 4.78 is 2.16. The number of benzene rings is 1. The third-order valence-corrected chi connectivity index (χ3v) is 5.23. The fourth-order valence-corrected chi connectivity index (χ4v) is 4.24. The molecule has 2 bridgehead atoms. The smallest absolute Gasteiger partial charge is 0.335 e. The largest absolute Gasteiger partial charge is 0.478 e. The molecule has 0 saturated heterocycles. The zero-order valence-corrected chi connectivity index (χ0v) is 11.5. The van der Waals surface area contributed by atoms with Gasteiger partial charge < -0.3 is 9.67 Å². The molecule has 0 aliphatic heterocycles. The molecule has 2 aliphatic carbocycles. The third kappa shape index (κ3) is 1.60. The molecule has 0 radical (unpaired) electrons. The first-order valence-electron chi connectivity index (χ1n) is 7.33. The van der Waals surface area contributed by atoms with Gasteiger partial charge in [-0.3, -0.25) is 0 Å². The zero-order chi connectivity index (χ0) is 13.9. The fourth-order valence-electron chi connectivity index (χ4n) is 4.24. The quantitative estimate of drug-likeness (QED) is 0.911. The highest BCUT2D eigenvalue weighted by atomic mass is 16.4. The average Bonchev–Trinajstić information content (AvgIpc) is 3.12. The van der Waals surface area contributed by atoms with Crippen molar-refractivity contribution in [3.8, 4) is 0 Å². The van der Waals surface area contributed by atoms with Crippen LogP contribution in [-0.2, 0) is 7.05 Å². The number of nitrogens with zero attached hydrogens (tertiary/aromatic N) is 2. The van der Waals surface area contributed by atoms with Gasteiger partial charge in [0.15, 0.2) is 0 Å². The van der Waals surface area contributed by atoms with Crippen molar-refractivity contribution in [3.05, 3.63) is 29.6 Å². The number of aryl methyl sites for hydroxylation is 1. The van der Waals surface area contributed by atoms with Gasteiger partial charge in [0.2, 0.25) is 0 Å². The number of carboxylic acid groups (broad SMARTS) is 1. The molecule has 104 valence electrons. The molecule has 4 nitrogen and oxygen atoms in total. The summed E-state index contributed by atoms with van der Waals surface area (Å²) in [5.41, 5.74) is 2.16. The monoisotopic (exact) mass is 270 g/mol. The highest BCUT2D eigenvalue weighted by Gasteiger charge is 2.42. The minimum atomic E-state index is -0.890. The molecule has 1 heterocycles. The summed E-state index contributed by atoms with van der Waals surface area (Å²) in [6, 6.07) is 5.23. The van der Waals surface area contributed by atoms with E-state index in [4.69, 9.17) is 10.1 Å². The zero-order valence-electron chi connectivity index (χ0n) is 11.5. The maximum Gasteiger partial charge on any atom is 0.335 e. The van der Waals surface area contributed by atoms with E-state index in [0.717, 1.165) is 28.7 Å². The first-order chi connectivity index (χ1) is 9.63. The first-order valence-corrected chi connectivity index (χ1v) is 7.33. The van der Waals surface area contributed by atoms with Crippen LogP contribution in [0.5, 0.6) is 0 Å². The maximum atomic E-state index is 11.1.